The lowest BCUT2D eigenvalue weighted by molar-refractivity contribution is -0.159. The van der Waals surface area contributed by atoms with Gasteiger partial charge in [0.1, 0.15) is 29.6 Å². The average molecular weight is 612 g/mol. The van der Waals surface area contributed by atoms with Gasteiger partial charge in [-0.1, -0.05) is 49.6 Å². The summed E-state index contributed by atoms with van der Waals surface area (Å²) in [7, 11) is 0. The first-order chi connectivity index (χ1) is 20.7. The summed E-state index contributed by atoms with van der Waals surface area (Å²) in [6, 6.07) is 15.3. The molecular weight excluding hydrogens is 562 g/mol. The van der Waals surface area contributed by atoms with Gasteiger partial charge in [0.15, 0.2) is 0 Å². The molecule has 0 saturated heterocycles. The van der Waals surface area contributed by atoms with Gasteiger partial charge in [0, 0.05) is 12.8 Å². The number of carbonyl (C=O) groups excluding carboxylic acids is 4. The van der Waals surface area contributed by atoms with Crippen LogP contribution in [-0.4, -0.2) is 47.7 Å². The summed E-state index contributed by atoms with van der Waals surface area (Å²) in [4.78, 5) is 49.8. The van der Waals surface area contributed by atoms with Gasteiger partial charge >= 0.3 is 17.9 Å². The van der Waals surface area contributed by atoms with Gasteiger partial charge in [0.05, 0.1) is 12.2 Å². The summed E-state index contributed by atoms with van der Waals surface area (Å²) >= 11 is 0. The molecule has 9 nitrogen and oxygen atoms in total. The van der Waals surface area contributed by atoms with Crippen molar-refractivity contribution in [2.24, 2.45) is 0 Å². The van der Waals surface area contributed by atoms with E-state index in [4.69, 9.17) is 18.9 Å². The number of hydrogen-bond donors (Lipinski definition) is 1. The Morgan fingerprint density at radius 3 is 1.98 bits per heavy atom. The Kier molecular flexibility index (Phi) is 14.9. The molecule has 0 radical (unpaired) electrons. The van der Waals surface area contributed by atoms with Crippen LogP contribution in [0.3, 0.4) is 0 Å². The molecule has 9 heteroatoms. The SMILES string of the molecule is CC(C)(C)OC(=O)c1ccc(OCCCCCCCC(=O)NC(CCC(=O)OCc2ccccc2)C(=O)OC(C)(C)C)cc1. The summed E-state index contributed by atoms with van der Waals surface area (Å²) in [6.07, 6.45) is 4.64. The molecule has 0 fully saturated rings. The molecule has 0 heterocycles. The highest BCUT2D eigenvalue weighted by Gasteiger charge is 2.27. The highest BCUT2D eigenvalue weighted by molar-refractivity contribution is 5.89. The number of rotatable bonds is 17. The van der Waals surface area contributed by atoms with Crippen molar-refractivity contribution in [2.75, 3.05) is 6.61 Å². The molecule has 0 bridgehead atoms. The summed E-state index contributed by atoms with van der Waals surface area (Å²) < 4.78 is 21.9. The lowest BCUT2D eigenvalue weighted by Gasteiger charge is -2.24. The van der Waals surface area contributed by atoms with E-state index in [1.165, 1.54) is 0 Å². The van der Waals surface area contributed by atoms with Crippen LogP contribution in [0.2, 0.25) is 0 Å². The lowest BCUT2D eigenvalue weighted by atomic mass is 10.1. The fourth-order valence-electron chi connectivity index (χ4n) is 4.09. The summed E-state index contributed by atoms with van der Waals surface area (Å²) in [5.41, 5.74) is 0.0896. The maximum Gasteiger partial charge on any atom is 0.338 e. The molecule has 0 aliphatic heterocycles. The van der Waals surface area contributed by atoms with Crippen LogP contribution >= 0.6 is 0 Å². The maximum absolute atomic E-state index is 12.7. The molecule has 1 N–H and O–H groups in total. The van der Waals surface area contributed by atoms with Gasteiger partial charge in [-0.25, -0.2) is 9.59 Å². The molecular formula is C35H49NO8. The Balaban J connectivity index is 1.66. The summed E-state index contributed by atoms with van der Waals surface area (Å²) in [5, 5.41) is 2.75. The van der Waals surface area contributed by atoms with Crippen molar-refractivity contribution in [2.45, 2.75) is 117 Å². The summed E-state index contributed by atoms with van der Waals surface area (Å²) in [6.45, 7) is 11.5. The van der Waals surface area contributed by atoms with Gasteiger partial charge in [0.25, 0.3) is 0 Å². The number of amides is 1. The first kappa shape index (κ1) is 36.3. The molecule has 0 aromatic heterocycles. The Labute approximate surface area is 262 Å². The molecule has 0 aliphatic rings. The minimum absolute atomic E-state index is 0.0209. The highest BCUT2D eigenvalue weighted by atomic mass is 16.6. The molecule has 44 heavy (non-hydrogen) atoms. The van der Waals surface area contributed by atoms with E-state index in [0.29, 0.717) is 24.3 Å². The van der Waals surface area contributed by atoms with E-state index in [2.05, 4.69) is 5.32 Å². The molecule has 1 unspecified atom stereocenters. The quantitative estimate of drug-likeness (QED) is 0.119. The van der Waals surface area contributed by atoms with Crippen molar-refractivity contribution >= 4 is 23.8 Å². The molecule has 1 amide bonds. The predicted octanol–water partition coefficient (Wildman–Crippen LogP) is 6.71. The van der Waals surface area contributed by atoms with Crippen LogP contribution in [0.5, 0.6) is 5.75 Å². The second kappa shape index (κ2) is 18.0. The normalized spacial score (nSPS) is 12.1. The number of hydrogen-bond acceptors (Lipinski definition) is 8. The van der Waals surface area contributed by atoms with E-state index in [1.54, 1.807) is 45.0 Å². The van der Waals surface area contributed by atoms with Crippen LogP contribution in [0.25, 0.3) is 0 Å². The minimum Gasteiger partial charge on any atom is -0.494 e. The average Bonchev–Trinajstić information content (AvgIpc) is 2.94. The van der Waals surface area contributed by atoms with Crippen molar-refractivity contribution < 1.29 is 38.1 Å². The number of ether oxygens (including phenoxy) is 4. The van der Waals surface area contributed by atoms with Crippen molar-refractivity contribution in [3.8, 4) is 5.75 Å². The fourth-order valence-corrected chi connectivity index (χ4v) is 4.09. The third kappa shape index (κ3) is 16.1. The third-order valence-electron chi connectivity index (χ3n) is 6.21. The van der Waals surface area contributed by atoms with E-state index >= 15 is 0 Å². The predicted molar refractivity (Wildman–Crippen MR) is 168 cm³/mol. The lowest BCUT2D eigenvalue weighted by Crippen LogP contribution is -2.44. The van der Waals surface area contributed by atoms with Crippen LogP contribution in [-0.2, 0) is 35.2 Å². The molecule has 2 aromatic carbocycles. The van der Waals surface area contributed by atoms with Crippen molar-refractivity contribution in [1.29, 1.82) is 0 Å². The van der Waals surface area contributed by atoms with Crippen LogP contribution in [0.4, 0.5) is 0 Å². The first-order valence-electron chi connectivity index (χ1n) is 15.4. The third-order valence-corrected chi connectivity index (χ3v) is 6.21. The van der Waals surface area contributed by atoms with E-state index in [9.17, 15) is 19.2 Å². The molecule has 0 spiro atoms. The summed E-state index contributed by atoms with van der Waals surface area (Å²) in [5.74, 6) is -0.938. The Hall–Kier alpha value is -3.88. The van der Waals surface area contributed by atoms with E-state index in [1.807, 2.05) is 51.1 Å². The van der Waals surface area contributed by atoms with Crippen molar-refractivity contribution in [1.82, 2.24) is 5.32 Å². The van der Waals surface area contributed by atoms with Crippen LogP contribution in [0.1, 0.15) is 109 Å². The number of carbonyl (C=O) groups is 4. The van der Waals surface area contributed by atoms with Gasteiger partial charge in [-0.3, -0.25) is 9.59 Å². The van der Waals surface area contributed by atoms with Crippen molar-refractivity contribution in [3.63, 3.8) is 0 Å². The monoisotopic (exact) mass is 611 g/mol. The molecule has 2 rings (SSSR count). The second-order valence-corrected chi connectivity index (χ2v) is 12.7. The topological polar surface area (TPSA) is 117 Å². The van der Waals surface area contributed by atoms with Crippen LogP contribution in [0.15, 0.2) is 54.6 Å². The van der Waals surface area contributed by atoms with Gasteiger partial charge < -0.3 is 24.3 Å². The Morgan fingerprint density at radius 1 is 0.727 bits per heavy atom. The number of nitrogens with one attached hydrogen (secondary N) is 1. The standard InChI is InChI=1S/C35H49NO8/c1-34(2,3)43-32(39)27-18-20-28(21-19-27)41-24-14-9-7-8-13-17-30(37)36-29(33(40)44-35(4,5)6)22-23-31(38)42-25-26-15-11-10-12-16-26/h10-12,15-16,18-21,29H,7-9,13-14,17,22-25H2,1-6H3,(H,36,37). The molecule has 0 aliphatic carbocycles. The zero-order valence-corrected chi connectivity index (χ0v) is 27.1. The molecule has 2 aromatic rings. The number of unbranched alkanes of at least 4 members (excludes halogenated alkanes) is 4. The molecule has 1 atom stereocenters. The number of esters is 3. The Bertz CT molecular complexity index is 1180. The minimum atomic E-state index is -0.929. The van der Waals surface area contributed by atoms with E-state index in [-0.39, 0.29) is 37.7 Å². The second-order valence-electron chi connectivity index (χ2n) is 12.7. The van der Waals surface area contributed by atoms with Gasteiger partial charge in [-0.15, -0.1) is 0 Å². The number of benzene rings is 2. The van der Waals surface area contributed by atoms with Crippen LogP contribution in [0, 0.1) is 0 Å². The van der Waals surface area contributed by atoms with E-state index < -0.39 is 29.2 Å². The highest BCUT2D eigenvalue weighted by Crippen LogP contribution is 2.17. The van der Waals surface area contributed by atoms with Crippen LogP contribution < -0.4 is 10.1 Å². The smallest absolute Gasteiger partial charge is 0.338 e. The van der Waals surface area contributed by atoms with Gasteiger partial charge in [0.2, 0.25) is 5.91 Å². The van der Waals surface area contributed by atoms with E-state index in [0.717, 1.165) is 31.2 Å². The van der Waals surface area contributed by atoms with Gasteiger partial charge in [-0.05, 0) is 90.6 Å². The zero-order chi connectivity index (χ0) is 32.6. The first-order valence-corrected chi connectivity index (χ1v) is 15.4. The van der Waals surface area contributed by atoms with Crippen molar-refractivity contribution in [3.05, 3.63) is 65.7 Å². The maximum atomic E-state index is 12.7. The zero-order valence-electron chi connectivity index (χ0n) is 27.1. The van der Waals surface area contributed by atoms with Gasteiger partial charge in [-0.2, -0.15) is 0 Å². The molecule has 242 valence electrons. The molecule has 0 saturated carbocycles. The largest absolute Gasteiger partial charge is 0.494 e. The Morgan fingerprint density at radius 2 is 1.34 bits per heavy atom. The fraction of sp³-hybridized carbons (Fsp3) is 0.543.